The summed E-state index contributed by atoms with van der Waals surface area (Å²) in [4.78, 5) is 15.4. The lowest BCUT2D eigenvalue weighted by Gasteiger charge is -2.00. The van der Waals surface area contributed by atoms with Crippen LogP contribution in [0.25, 0.3) is 10.2 Å². The molecule has 3 rings (SSSR count). The summed E-state index contributed by atoms with van der Waals surface area (Å²) >= 11 is 2.88. The van der Waals surface area contributed by atoms with Crippen molar-refractivity contribution in [2.75, 3.05) is 0 Å². The Morgan fingerprint density at radius 3 is 2.81 bits per heavy atom. The van der Waals surface area contributed by atoms with Gasteiger partial charge in [0.1, 0.15) is 6.07 Å². The molecule has 0 fully saturated rings. The van der Waals surface area contributed by atoms with Crippen molar-refractivity contribution in [2.24, 2.45) is 0 Å². The van der Waals surface area contributed by atoms with Gasteiger partial charge >= 0.3 is 0 Å². The van der Waals surface area contributed by atoms with Gasteiger partial charge in [0.25, 0.3) is 5.69 Å². The lowest BCUT2D eigenvalue weighted by molar-refractivity contribution is -0.384. The topological polar surface area (TPSA) is 79.8 Å². The summed E-state index contributed by atoms with van der Waals surface area (Å²) in [6.45, 7) is 0. The molecule has 21 heavy (non-hydrogen) atoms. The van der Waals surface area contributed by atoms with E-state index in [-0.39, 0.29) is 11.3 Å². The molecule has 0 saturated carbocycles. The number of thiazole rings is 1. The average Bonchev–Trinajstić information content (AvgIpc) is 2.89. The van der Waals surface area contributed by atoms with Crippen molar-refractivity contribution in [2.45, 2.75) is 9.24 Å². The number of nitriles is 1. The summed E-state index contributed by atoms with van der Waals surface area (Å²) in [6.07, 6.45) is 0. The number of benzene rings is 2. The Bertz CT molecular complexity index is 850. The number of para-hydroxylation sites is 1. The molecule has 102 valence electrons. The number of rotatable bonds is 3. The molecule has 1 heterocycles. The number of nitrogens with zero attached hydrogens (tertiary/aromatic N) is 3. The predicted octanol–water partition coefficient (Wildman–Crippen LogP) is 4.23. The lowest BCUT2D eigenvalue weighted by Crippen LogP contribution is -1.90. The quantitative estimate of drug-likeness (QED) is 0.534. The molecule has 0 aliphatic heterocycles. The summed E-state index contributed by atoms with van der Waals surface area (Å²) in [6, 6.07) is 14.1. The monoisotopic (exact) mass is 313 g/mol. The molecule has 7 heteroatoms. The second-order valence-corrected chi connectivity index (χ2v) is 6.42. The Morgan fingerprint density at radius 2 is 2.10 bits per heavy atom. The predicted molar refractivity (Wildman–Crippen MR) is 81.6 cm³/mol. The molecule has 0 atom stereocenters. The summed E-state index contributed by atoms with van der Waals surface area (Å²) in [5, 5.41) is 19.9. The standard InChI is InChI=1S/C14H7N3O2S2/c15-8-9-7-10(17(18)19)5-6-12(9)20-14-16-11-3-1-2-4-13(11)21-14/h1-7H. The van der Waals surface area contributed by atoms with Gasteiger partial charge in [-0.25, -0.2) is 4.98 Å². The molecular formula is C14H7N3O2S2. The van der Waals surface area contributed by atoms with Gasteiger partial charge in [-0.1, -0.05) is 23.9 Å². The van der Waals surface area contributed by atoms with E-state index in [1.165, 1.54) is 35.2 Å². The zero-order chi connectivity index (χ0) is 14.8. The van der Waals surface area contributed by atoms with E-state index in [4.69, 9.17) is 5.26 Å². The number of fused-ring (bicyclic) bond motifs is 1. The van der Waals surface area contributed by atoms with E-state index in [2.05, 4.69) is 4.98 Å². The number of hydrogen-bond acceptors (Lipinski definition) is 6. The van der Waals surface area contributed by atoms with Crippen molar-refractivity contribution < 1.29 is 4.92 Å². The van der Waals surface area contributed by atoms with Crippen molar-refractivity contribution in [3.63, 3.8) is 0 Å². The van der Waals surface area contributed by atoms with Crippen LogP contribution >= 0.6 is 23.1 Å². The molecule has 3 aromatic rings. The number of aromatic nitrogens is 1. The SMILES string of the molecule is N#Cc1cc([N+](=O)[O-])ccc1Sc1nc2ccccc2s1. The molecule has 0 amide bonds. The first-order chi connectivity index (χ1) is 10.2. The highest BCUT2D eigenvalue weighted by Gasteiger charge is 2.13. The average molecular weight is 313 g/mol. The Morgan fingerprint density at radius 1 is 1.29 bits per heavy atom. The number of non-ortho nitro benzene ring substituents is 1. The molecule has 0 N–H and O–H groups in total. The first-order valence-corrected chi connectivity index (χ1v) is 7.52. The Balaban J connectivity index is 1.97. The van der Waals surface area contributed by atoms with Gasteiger partial charge in [0.2, 0.25) is 0 Å². The van der Waals surface area contributed by atoms with Gasteiger partial charge in [-0.05, 0) is 18.2 Å². The summed E-state index contributed by atoms with van der Waals surface area (Å²) in [7, 11) is 0. The molecular weight excluding hydrogens is 306 g/mol. The minimum Gasteiger partial charge on any atom is -0.258 e. The largest absolute Gasteiger partial charge is 0.270 e. The normalized spacial score (nSPS) is 10.4. The van der Waals surface area contributed by atoms with Crippen molar-refractivity contribution in [1.29, 1.82) is 5.26 Å². The molecule has 0 aliphatic rings. The van der Waals surface area contributed by atoms with E-state index in [0.717, 1.165) is 14.6 Å². The van der Waals surface area contributed by atoms with Gasteiger partial charge in [-0.2, -0.15) is 5.26 Å². The smallest absolute Gasteiger partial charge is 0.258 e. The number of hydrogen-bond donors (Lipinski definition) is 0. The number of nitro benzene ring substituents is 1. The van der Waals surface area contributed by atoms with Crippen molar-refractivity contribution in [1.82, 2.24) is 4.98 Å². The third-order valence-electron chi connectivity index (χ3n) is 2.77. The van der Waals surface area contributed by atoms with Gasteiger partial charge in [0.15, 0.2) is 4.34 Å². The van der Waals surface area contributed by atoms with Crippen LogP contribution in [0, 0.1) is 21.4 Å². The van der Waals surface area contributed by atoms with Crippen LogP contribution in [-0.2, 0) is 0 Å². The molecule has 0 spiro atoms. The molecule has 0 radical (unpaired) electrons. The minimum absolute atomic E-state index is 0.0831. The third kappa shape index (κ3) is 2.72. The van der Waals surface area contributed by atoms with Gasteiger partial charge in [0, 0.05) is 17.0 Å². The Labute approximate surface area is 128 Å². The Kier molecular flexibility index (Phi) is 3.56. The van der Waals surface area contributed by atoms with Crippen LogP contribution in [0.4, 0.5) is 5.69 Å². The maximum atomic E-state index is 10.7. The molecule has 0 saturated heterocycles. The minimum atomic E-state index is -0.507. The number of nitro groups is 1. The first-order valence-electron chi connectivity index (χ1n) is 5.89. The zero-order valence-electron chi connectivity index (χ0n) is 10.5. The summed E-state index contributed by atoms with van der Waals surface area (Å²) in [5.74, 6) is 0. The first kappa shape index (κ1) is 13.5. The highest BCUT2D eigenvalue weighted by atomic mass is 32.2. The van der Waals surface area contributed by atoms with E-state index in [0.29, 0.717) is 4.90 Å². The van der Waals surface area contributed by atoms with E-state index < -0.39 is 4.92 Å². The maximum Gasteiger partial charge on any atom is 0.270 e. The highest BCUT2D eigenvalue weighted by Crippen LogP contribution is 2.36. The van der Waals surface area contributed by atoms with Gasteiger partial charge < -0.3 is 0 Å². The zero-order valence-corrected chi connectivity index (χ0v) is 12.1. The van der Waals surface area contributed by atoms with Gasteiger partial charge in [-0.15, -0.1) is 11.3 Å². The fourth-order valence-corrected chi connectivity index (χ4v) is 3.88. The molecule has 0 aliphatic carbocycles. The molecule has 2 aromatic carbocycles. The molecule has 0 bridgehead atoms. The van der Waals surface area contributed by atoms with Gasteiger partial charge in [0.05, 0.1) is 20.7 Å². The summed E-state index contributed by atoms with van der Waals surface area (Å²) in [5.41, 5.74) is 1.11. The van der Waals surface area contributed by atoms with Gasteiger partial charge in [-0.3, -0.25) is 10.1 Å². The molecule has 0 unspecified atom stereocenters. The summed E-state index contributed by atoms with van der Waals surface area (Å²) < 4.78 is 1.88. The third-order valence-corrected chi connectivity index (χ3v) is 4.94. The lowest BCUT2D eigenvalue weighted by atomic mass is 10.2. The van der Waals surface area contributed by atoms with Crippen LogP contribution in [0.3, 0.4) is 0 Å². The fourth-order valence-electron chi connectivity index (χ4n) is 1.80. The van der Waals surface area contributed by atoms with Crippen LogP contribution in [-0.4, -0.2) is 9.91 Å². The van der Waals surface area contributed by atoms with Crippen LogP contribution < -0.4 is 0 Å². The van der Waals surface area contributed by atoms with Crippen LogP contribution in [0.1, 0.15) is 5.56 Å². The van der Waals surface area contributed by atoms with E-state index in [9.17, 15) is 10.1 Å². The second-order valence-electron chi connectivity index (χ2n) is 4.10. The second kappa shape index (κ2) is 5.52. The van der Waals surface area contributed by atoms with E-state index in [1.54, 1.807) is 6.07 Å². The van der Waals surface area contributed by atoms with Crippen LogP contribution in [0.15, 0.2) is 51.7 Å². The Hall–Kier alpha value is -2.43. The van der Waals surface area contributed by atoms with Crippen molar-refractivity contribution >= 4 is 39.0 Å². The molecule has 1 aromatic heterocycles. The van der Waals surface area contributed by atoms with Crippen molar-refractivity contribution in [3.05, 3.63) is 58.1 Å². The van der Waals surface area contributed by atoms with E-state index in [1.807, 2.05) is 30.3 Å². The highest BCUT2D eigenvalue weighted by molar-refractivity contribution is 8.01. The van der Waals surface area contributed by atoms with Crippen LogP contribution in [0.5, 0.6) is 0 Å². The van der Waals surface area contributed by atoms with Crippen LogP contribution in [0.2, 0.25) is 0 Å². The van der Waals surface area contributed by atoms with E-state index >= 15 is 0 Å². The maximum absolute atomic E-state index is 10.7. The van der Waals surface area contributed by atoms with Crippen molar-refractivity contribution in [3.8, 4) is 6.07 Å². The fraction of sp³-hybridized carbons (Fsp3) is 0. The molecule has 5 nitrogen and oxygen atoms in total.